The second kappa shape index (κ2) is 5.24. The second-order valence-corrected chi connectivity index (χ2v) is 4.79. The number of rotatable bonds is 4. The maximum absolute atomic E-state index is 10.7. The summed E-state index contributed by atoms with van der Waals surface area (Å²) < 4.78 is 0. The lowest BCUT2D eigenvalue weighted by molar-refractivity contribution is -0.142. The fourth-order valence-electron chi connectivity index (χ4n) is 2.05. The third-order valence-electron chi connectivity index (χ3n) is 3.11. The molecule has 2 rings (SSSR count). The van der Waals surface area contributed by atoms with E-state index in [0.717, 1.165) is 11.1 Å². The Morgan fingerprint density at radius 3 is 2.05 bits per heavy atom. The molecule has 3 heteroatoms. The van der Waals surface area contributed by atoms with Crippen molar-refractivity contribution < 1.29 is 15.0 Å². The first-order valence-corrected chi connectivity index (χ1v) is 6.09. The van der Waals surface area contributed by atoms with E-state index in [9.17, 15) is 9.90 Å². The molecule has 0 aliphatic heterocycles. The van der Waals surface area contributed by atoms with Gasteiger partial charge in [0.1, 0.15) is 0 Å². The standard InChI is InChI=1S/C16H16O3/c1-16(19,11-15(17)18)14-9-7-13(8-10-14)12-5-3-2-4-6-12/h2-10,19H,11H2,1H3,(H,17,18). The molecule has 0 spiro atoms. The number of benzene rings is 2. The lowest BCUT2D eigenvalue weighted by Crippen LogP contribution is -2.24. The molecule has 1 atom stereocenters. The predicted octanol–water partition coefficient (Wildman–Crippen LogP) is 3.04. The van der Waals surface area contributed by atoms with Gasteiger partial charge in [-0.3, -0.25) is 4.79 Å². The molecule has 0 aliphatic rings. The molecular formula is C16H16O3. The number of hydrogen-bond donors (Lipinski definition) is 2. The van der Waals surface area contributed by atoms with Crippen LogP contribution in [0, 0.1) is 0 Å². The first-order chi connectivity index (χ1) is 8.99. The number of carbonyl (C=O) groups is 1. The maximum Gasteiger partial charge on any atom is 0.306 e. The van der Waals surface area contributed by atoms with Crippen LogP contribution >= 0.6 is 0 Å². The summed E-state index contributed by atoms with van der Waals surface area (Å²) in [7, 11) is 0. The molecule has 2 N–H and O–H groups in total. The lowest BCUT2D eigenvalue weighted by Gasteiger charge is -2.21. The second-order valence-electron chi connectivity index (χ2n) is 4.79. The lowest BCUT2D eigenvalue weighted by atomic mass is 9.91. The molecule has 0 aliphatic carbocycles. The van der Waals surface area contributed by atoms with Gasteiger partial charge in [-0.15, -0.1) is 0 Å². The van der Waals surface area contributed by atoms with Gasteiger partial charge in [0.15, 0.2) is 0 Å². The van der Waals surface area contributed by atoms with Gasteiger partial charge in [0.2, 0.25) is 0 Å². The summed E-state index contributed by atoms with van der Waals surface area (Å²) in [5.41, 5.74) is 1.39. The topological polar surface area (TPSA) is 57.5 Å². The molecule has 3 nitrogen and oxygen atoms in total. The Morgan fingerprint density at radius 2 is 1.53 bits per heavy atom. The highest BCUT2D eigenvalue weighted by Crippen LogP contribution is 2.27. The molecule has 0 bridgehead atoms. The molecule has 2 aromatic rings. The predicted molar refractivity (Wildman–Crippen MR) is 73.7 cm³/mol. The fraction of sp³-hybridized carbons (Fsp3) is 0.188. The van der Waals surface area contributed by atoms with E-state index in [-0.39, 0.29) is 6.42 Å². The van der Waals surface area contributed by atoms with Crippen LogP contribution in [0.3, 0.4) is 0 Å². The SMILES string of the molecule is CC(O)(CC(=O)O)c1ccc(-c2ccccc2)cc1. The summed E-state index contributed by atoms with van der Waals surface area (Å²) in [5, 5.41) is 18.9. The third kappa shape index (κ3) is 3.20. The van der Waals surface area contributed by atoms with Crippen molar-refractivity contribution in [2.24, 2.45) is 0 Å². The van der Waals surface area contributed by atoms with Gasteiger partial charge in [-0.25, -0.2) is 0 Å². The highest BCUT2D eigenvalue weighted by molar-refractivity contribution is 5.69. The van der Waals surface area contributed by atoms with Gasteiger partial charge in [-0.2, -0.15) is 0 Å². The molecule has 19 heavy (non-hydrogen) atoms. The zero-order chi connectivity index (χ0) is 13.9. The number of hydrogen-bond acceptors (Lipinski definition) is 2. The van der Waals surface area contributed by atoms with Crippen LogP contribution in [0.1, 0.15) is 18.9 Å². The van der Waals surface area contributed by atoms with Crippen LogP contribution in [0.4, 0.5) is 0 Å². The normalized spacial score (nSPS) is 13.8. The first kappa shape index (κ1) is 13.3. The van der Waals surface area contributed by atoms with Crippen LogP contribution in [0.15, 0.2) is 54.6 Å². The largest absolute Gasteiger partial charge is 0.481 e. The maximum atomic E-state index is 10.7. The quantitative estimate of drug-likeness (QED) is 0.884. The van der Waals surface area contributed by atoms with Crippen LogP contribution in [0.25, 0.3) is 11.1 Å². The molecule has 0 fully saturated rings. The van der Waals surface area contributed by atoms with E-state index in [1.165, 1.54) is 6.92 Å². The summed E-state index contributed by atoms with van der Waals surface area (Å²) >= 11 is 0. The number of aliphatic hydroxyl groups is 1. The molecule has 0 radical (unpaired) electrons. The summed E-state index contributed by atoms with van der Waals surface area (Å²) in [6.45, 7) is 1.51. The van der Waals surface area contributed by atoms with Crippen molar-refractivity contribution in [2.45, 2.75) is 18.9 Å². The molecular weight excluding hydrogens is 240 g/mol. The monoisotopic (exact) mass is 256 g/mol. The molecule has 0 saturated carbocycles. The summed E-state index contributed by atoms with van der Waals surface area (Å²) in [4.78, 5) is 10.7. The molecule has 0 amide bonds. The van der Waals surface area contributed by atoms with Gasteiger partial charge >= 0.3 is 5.97 Å². The van der Waals surface area contributed by atoms with Crippen molar-refractivity contribution in [3.63, 3.8) is 0 Å². The highest BCUT2D eigenvalue weighted by Gasteiger charge is 2.26. The van der Waals surface area contributed by atoms with Crippen molar-refractivity contribution in [3.05, 3.63) is 60.2 Å². The van der Waals surface area contributed by atoms with E-state index in [0.29, 0.717) is 5.56 Å². The van der Waals surface area contributed by atoms with Gasteiger partial charge in [0.25, 0.3) is 0 Å². The van der Waals surface area contributed by atoms with Gasteiger partial charge in [0, 0.05) is 0 Å². The highest BCUT2D eigenvalue weighted by atomic mass is 16.4. The van der Waals surface area contributed by atoms with Crippen LogP contribution < -0.4 is 0 Å². The number of carboxylic acid groups (broad SMARTS) is 1. The summed E-state index contributed by atoms with van der Waals surface area (Å²) in [5.74, 6) is -1.02. The Hall–Kier alpha value is -2.13. The zero-order valence-corrected chi connectivity index (χ0v) is 10.7. The van der Waals surface area contributed by atoms with Crippen LogP contribution in [-0.2, 0) is 10.4 Å². The van der Waals surface area contributed by atoms with E-state index in [1.807, 2.05) is 42.5 Å². The Labute approximate surface area is 112 Å². The van der Waals surface area contributed by atoms with Gasteiger partial charge in [0.05, 0.1) is 12.0 Å². The molecule has 0 heterocycles. The van der Waals surface area contributed by atoms with Crippen LogP contribution in [0.5, 0.6) is 0 Å². The summed E-state index contributed by atoms with van der Waals surface area (Å²) in [6.07, 6.45) is -0.308. The van der Waals surface area contributed by atoms with Gasteiger partial charge < -0.3 is 10.2 Å². The Kier molecular flexibility index (Phi) is 3.67. The molecule has 0 aromatic heterocycles. The Balaban J connectivity index is 2.26. The van der Waals surface area contributed by atoms with Crippen molar-refractivity contribution in [3.8, 4) is 11.1 Å². The van der Waals surface area contributed by atoms with E-state index in [1.54, 1.807) is 12.1 Å². The van der Waals surface area contributed by atoms with Crippen molar-refractivity contribution in [2.75, 3.05) is 0 Å². The smallest absolute Gasteiger partial charge is 0.306 e. The van der Waals surface area contributed by atoms with Gasteiger partial charge in [-0.1, -0.05) is 54.6 Å². The molecule has 2 aromatic carbocycles. The van der Waals surface area contributed by atoms with Crippen molar-refractivity contribution in [1.82, 2.24) is 0 Å². The summed E-state index contributed by atoms with van der Waals surface area (Å²) in [6, 6.07) is 17.2. The van der Waals surface area contributed by atoms with E-state index < -0.39 is 11.6 Å². The van der Waals surface area contributed by atoms with E-state index in [2.05, 4.69) is 0 Å². The Morgan fingerprint density at radius 1 is 1.00 bits per heavy atom. The van der Waals surface area contributed by atoms with Crippen LogP contribution in [-0.4, -0.2) is 16.2 Å². The number of carboxylic acids is 1. The number of aliphatic carboxylic acids is 1. The molecule has 1 unspecified atom stereocenters. The minimum absolute atomic E-state index is 0.308. The van der Waals surface area contributed by atoms with Crippen molar-refractivity contribution in [1.29, 1.82) is 0 Å². The average molecular weight is 256 g/mol. The zero-order valence-electron chi connectivity index (χ0n) is 10.7. The third-order valence-corrected chi connectivity index (χ3v) is 3.11. The van der Waals surface area contributed by atoms with Gasteiger partial charge in [-0.05, 0) is 23.6 Å². The first-order valence-electron chi connectivity index (χ1n) is 6.09. The average Bonchev–Trinajstić information content (AvgIpc) is 2.38. The minimum atomic E-state index is -1.35. The van der Waals surface area contributed by atoms with Crippen LogP contribution in [0.2, 0.25) is 0 Å². The van der Waals surface area contributed by atoms with E-state index >= 15 is 0 Å². The fourth-order valence-corrected chi connectivity index (χ4v) is 2.05. The van der Waals surface area contributed by atoms with E-state index in [4.69, 9.17) is 5.11 Å². The molecule has 0 saturated heterocycles. The van der Waals surface area contributed by atoms with Crippen molar-refractivity contribution >= 4 is 5.97 Å². The Bertz CT molecular complexity index is 556. The minimum Gasteiger partial charge on any atom is -0.481 e. The molecule has 98 valence electrons.